The smallest absolute Gasteiger partial charge is 0.123 e. The third-order valence-electron chi connectivity index (χ3n) is 1.64. The molecule has 0 aliphatic carbocycles. The van der Waals surface area contributed by atoms with Crippen molar-refractivity contribution in [3.8, 4) is 0 Å². The average Bonchev–Trinajstić information content (AvgIpc) is 2.05. The first kappa shape index (κ1) is 10.7. The van der Waals surface area contributed by atoms with E-state index in [0.29, 0.717) is 5.88 Å². The molecule has 0 bridgehead atoms. The molecule has 0 amide bonds. The Labute approximate surface area is 73.4 Å². The molecular formula is C9H15ClO. The quantitative estimate of drug-likeness (QED) is 0.330. The monoisotopic (exact) mass is 174 g/mol. The number of carbonyl (C=O) groups is 1. The fraction of sp³-hybridized carbons (Fsp3) is 0.667. The van der Waals surface area contributed by atoms with E-state index in [4.69, 9.17) is 11.6 Å². The summed E-state index contributed by atoms with van der Waals surface area (Å²) in [6, 6.07) is 0. The van der Waals surface area contributed by atoms with Crippen molar-refractivity contribution in [3.63, 3.8) is 0 Å². The molecule has 1 atom stereocenters. The van der Waals surface area contributed by atoms with Crippen LogP contribution in [0.4, 0.5) is 0 Å². The summed E-state index contributed by atoms with van der Waals surface area (Å²) < 4.78 is 0. The molecule has 64 valence electrons. The average molecular weight is 175 g/mol. The topological polar surface area (TPSA) is 17.1 Å². The lowest BCUT2D eigenvalue weighted by molar-refractivity contribution is -0.111. The second kappa shape index (κ2) is 7.80. The summed E-state index contributed by atoms with van der Waals surface area (Å²) in [6.07, 6.45) is 6.56. The second-order valence-corrected chi connectivity index (χ2v) is 2.97. The normalized spacial score (nSPS) is 12.5. The minimum atomic E-state index is 0.187. The van der Waals surface area contributed by atoms with Gasteiger partial charge in [-0.15, -0.1) is 18.2 Å². The number of hydrogen-bond acceptors (Lipinski definition) is 1. The number of hydrogen-bond donors (Lipinski definition) is 0. The van der Waals surface area contributed by atoms with Gasteiger partial charge in [0.1, 0.15) is 6.29 Å². The van der Waals surface area contributed by atoms with Crippen molar-refractivity contribution < 1.29 is 4.79 Å². The van der Waals surface area contributed by atoms with Gasteiger partial charge >= 0.3 is 0 Å². The fourth-order valence-electron chi connectivity index (χ4n) is 0.952. The molecule has 0 rings (SSSR count). The molecular weight excluding hydrogens is 160 g/mol. The highest BCUT2D eigenvalue weighted by Crippen LogP contribution is 2.11. The molecule has 0 spiro atoms. The van der Waals surface area contributed by atoms with Crippen LogP contribution in [-0.4, -0.2) is 12.2 Å². The molecule has 0 aliphatic heterocycles. The van der Waals surface area contributed by atoms with E-state index in [2.05, 4.69) is 6.58 Å². The fourth-order valence-corrected chi connectivity index (χ4v) is 1.11. The largest absolute Gasteiger partial charge is 0.303 e. The molecule has 0 saturated carbocycles. The molecule has 0 aromatic rings. The summed E-state index contributed by atoms with van der Waals surface area (Å²) in [5.41, 5.74) is 0. The predicted molar refractivity (Wildman–Crippen MR) is 48.9 cm³/mol. The molecule has 0 aromatic heterocycles. The van der Waals surface area contributed by atoms with Crippen molar-refractivity contribution >= 4 is 17.9 Å². The summed E-state index contributed by atoms with van der Waals surface area (Å²) in [5.74, 6) is 0.838. The van der Waals surface area contributed by atoms with Gasteiger partial charge in [0.05, 0.1) is 0 Å². The maximum Gasteiger partial charge on any atom is 0.123 e. The van der Waals surface area contributed by atoms with Gasteiger partial charge in [-0.3, -0.25) is 0 Å². The first-order chi connectivity index (χ1) is 5.35. The molecule has 11 heavy (non-hydrogen) atoms. The Morgan fingerprint density at radius 3 is 2.64 bits per heavy atom. The van der Waals surface area contributed by atoms with Crippen molar-refractivity contribution in [1.29, 1.82) is 0 Å². The zero-order chi connectivity index (χ0) is 8.53. The molecule has 0 saturated heterocycles. The van der Waals surface area contributed by atoms with Gasteiger partial charge in [-0.25, -0.2) is 0 Å². The van der Waals surface area contributed by atoms with Gasteiger partial charge in [0.25, 0.3) is 0 Å². The van der Waals surface area contributed by atoms with E-state index in [0.717, 1.165) is 32.0 Å². The summed E-state index contributed by atoms with van der Waals surface area (Å²) in [5, 5.41) is 0. The van der Waals surface area contributed by atoms with Crippen LogP contribution >= 0.6 is 11.6 Å². The number of aldehydes is 1. The summed E-state index contributed by atoms with van der Waals surface area (Å²) in [6.45, 7) is 3.61. The van der Waals surface area contributed by atoms with Crippen molar-refractivity contribution in [2.24, 2.45) is 5.92 Å². The van der Waals surface area contributed by atoms with Crippen molar-refractivity contribution in [2.45, 2.75) is 25.7 Å². The van der Waals surface area contributed by atoms with E-state index in [1.54, 1.807) is 0 Å². The predicted octanol–water partition coefficient (Wildman–Crippen LogP) is 2.79. The van der Waals surface area contributed by atoms with Gasteiger partial charge in [0, 0.05) is 11.8 Å². The van der Waals surface area contributed by atoms with E-state index in [1.807, 2.05) is 6.08 Å². The van der Waals surface area contributed by atoms with Crippen LogP contribution < -0.4 is 0 Å². The molecule has 0 N–H and O–H groups in total. The number of carbonyl (C=O) groups excluding carboxylic acids is 1. The van der Waals surface area contributed by atoms with Gasteiger partial charge in [-0.05, 0) is 25.7 Å². The first-order valence-corrected chi connectivity index (χ1v) is 4.50. The van der Waals surface area contributed by atoms with Crippen LogP contribution in [-0.2, 0) is 4.79 Å². The molecule has 2 heteroatoms. The number of halogens is 1. The molecule has 1 unspecified atom stereocenters. The van der Waals surface area contributed by atoms with Crippen molar-refractivity contribution in [1.82, 2.24) is 0 Å². The van der Waals surface area contributed by atoms with Crippen LogP contribution in [0.25, 0.3) is 0 Å². The lowest BCUT2D eigenvalue weighted by Gasteiger charge is -2.05. The van der Waals surface area contributed by atoms with Gasteiger partial charge in [-0.1, -0.05) is 6.08 Å². The third kappa shape index (κ3) is 6.11. The Balaban J connectivity index is 3.40. The van der Waals surface area contributed by atoms with Crippen LogP contribution in [0.1, 0.15) is 25.7 Å². The molecule has 0 radical (unpaired) electrons. The number of alkyl halides is 1. The maximum atomic E-state index is 10.4. The standard InChI is InChI=1S/C9H15ClO/c1-2-3-5-9(8-11)6-4-7-10/h2,8-9H,1,3-7H2. The minimum Gasteiger partial charge on any atom is -0.303 e. The van der Waals surface area contributed by atoms with Crippen molar-refractivity contribution in [2.75, 3.05) is 5.88 Å². The van der Waals surface area contributed by atoms with Gasteiger partial charge < -0.3 is 4.79 Å². The lowest BCUT2D eigenvalue weighted by atomic mass is 10.00. The third-order valence-corrected chi connectivity index (χ3v) is 1.91. The summed E-state index contributed by atoms with van der Waals surface area (Å²) in [7, 11) is 0. The molecule has 1 nitrogen and oxygen atoms in total. The Bertz CT molecular complexity index is 112. The maximum absolute atomic E-state index is 10.4. The van der Waals surface area contributed by atoms with Crippen LogP contribution in [0.5, 0.6) is 0 Å². The van der Waals surface area contributed by atoms with E-state index in [-0.39, 0.29) is 5.92 Å². The van der Waals surface area contributed by atoms with Gasteiger partial charge in [-0.2, -0.15) is 0 Å². The zero-order valence-electron chi connectivity index (χ0n) is 6.76. The molecule has 0 aromatic carbocycles. The molecule has 0 aliphatic rings. The van der Waals surface area contributed by atoms with E-state index >= 15 is 0 Å². The highest BCUT2D eigenvalue weighted by Gasteiger charge is 2.04. The van der Waals surface area contributed by atoms with Crippen LogP contribution in [0.2, 0.25) is 0 Å². The zero-order valence-corrected chi connectivity index (χ0v) is 7.52. The van der Waals surface area contributed by atoms with E-state index in [1.165, 1.54) is 0 Å². The van der Waals surface area contributed by atoms with Crippen LogP contribution in [0.15, 0.2) is 12.7 Å². The summed E-state index contributed by atoms with van der Waals surface area (Å²) in [4.78, 5) is 10.4. The Morgan fingerprint density at radius 1 is 1.45 bits per heavy atom. The number of rotatable bonds is 7. The Kier molecular flexibility index (Phi) is 7.59. The SMILES string of the molecule is C=CCCC(C=O)CCCCl. The molecule has 0 heterocycles. The second-order valence-electron chi connectivity index (χ2n) is 2.59. The van der Waals surface area contributed by atoms with Gasteiger partial charge in [0.2, 0.25) is 0 Å². The van der Waals surface area contributed by atoms with Crippen LogP contribution in [0.3, 0.4) is 0 Å². The first-order valence-electron chi connectivity index (χ1n) is 3.97. The van der Waals surface area contributed by atoms with Crippen molar-refractivity contribution in [3.05, 3.63) is 12.7 Å². The highest BCUT2D eigenvalue weighted by atomic mass is 35.5. The number of allylic oxidation sites excluding steroid dienone is 1. The van der Waals surface area contributed by atoms with Crippen LogP contribution in [0, 0.1) is 5.92 Å². The minimum absolute atomic E-state index is 0.187. The van der Waals surface area contributed by atoms with Gasteiger partial charge in [0.15, 0.2) is 0 Å². The molecule has 0 fully saturated rings. The Morgan fingerprint density at radius 2 is 2.18 bits per heavy atom. The highest BCUT2D eigenvalue weighted by molar-refractivity contribution is 6.17. The van der Waals surface area contributed by atoms with E-state index < -0.39 is 0 Å². The summed E-state index contributed by atoms with van der Waals surface area (Å²) >= 11 is 5.50. The Hall–Kier alpha value is -0.300. The lowest BCUT2D eigenvalue weighted by Crippen LogP contribution is -2.01. The van der Waals surface area contributed by atoms with E-state index in [9.17, 15) is 4.79 Å².